The first kappa shape index (κ1) is 14.4. The molecule has 0 saturated carbocycles. The zero-order valence-electron chi connectivity index (χ0n) is 10.3. The van der Waals surface area contributed by atoms with Gasteiger partial charge in [0, 0.05) is 12.1 Å². The molecule has 0 amide bonds. The van der Waals surface area contributed by atoms with Gasteiger partial charge < -0.3 is 10.2 Å². The number of carboxylic acid groups (broad SMARTS) is 1. The van der Waals surface area contributed by atoms with E-state index in [1.165, 1.54) is 0 Å². The lowest BCUT2D eigenvalue weighted by Gasteiger charge is -2.08. The molecule has 0 unspecified atom stereocenters. The van der Waals surface area contributed by atoms with Crippen LogP contribution in [0.3, 0.4) is 0 Å². The van der Waals surface area contributed by atoms with E-state index in [1.807, 2.05) is 0 Å². The summed E-state index contributed by atoms with van der Waals surface area (Å²) in [5.74, 6) is -3.97. The zero-order chi connectivity index (χ0) is 15.6. The van der Waals surface area contributed by atoms with E-state index < -0.39 is 34.6 Å². The summed E-state index contributed by atoms with van der Waals surface area (Å²) in [6.45, 7) is 0. The van der Waals surface area contributed by atoms with Crippen molar-refractivity contribution in [3.63, 3.8) is 0 Å². The van der Waals surface area contributed by atoms with E-state index in [0.717, 1.165) is 24.3 Å². The van der Waals surface area contributed by atoms with Crippen molar-refractivity contribution in [3.8, 4) is 11.4 Å². The number of nitrogens with zero attached hydrogens (tertiary/aromatic N) is 2. The second kappa shape index (κ2) is 5.53. The Balaban J connectivity index is 2.68. The number of carbonyl (C=O) groups is 1. The van der Waals surface area contributed by atoms with E-state index in [-0.39, 0.29) is 5.69 Å². The fourth-order valence-corrected chi connectivity index (χ4v) is 1.58. The van der Waals surface area contributed by atoms with Gasteiger partial charge >= 0.3 is 5.97 Å². The maximum atomic E-state index is 13.6. The standard InChI is InChI=1S/C13H8F2N2O4/c14-7-2-1-3-8(15)13(7)17-11(19)6-10(18)9(16-17)4-5-12(20)21/h1-6,18H,(H,20,21)/b5-4+. The third-order valence-electron chi connectivity index (χ3n) is 2.47. The van der Waals surface area contributed by atoms with Gasteiger partial charge in [0.1, 0.15) is 17.1 Å². The van der Waals surface area contributed by atoms with Crippen molar-refractivity contribution < 1.29 is 23.8 Å². The van der Waals surface area contributed by atoms with E-state index in [9.17, 15) is 23.5 Å². The highest BCUT2D eigenvalue weighted by atomic mass is 19.1. The predicted octanol–water partition coefficient (Wildman–Crippen LogP) is 1.31. The molecule has 1 aromatic carbocycles. The first-order valence-electron chi connectivity index (χ1n) is 5.59. The number of halogens is 2. The molecule has 0 aliphatic rings. The number of hydrogen-bond donors (Lipinski definition) is 2. The molecule has 0 aliphatic carbocycles. The van der Waals surface area contributed by atoms with Gasteiger partial charge in [-0.15, -0.1) is 0 Å². The van der Waals surface area contributed by atoms with Gasteiger partial charge in [-0.25, -0.2) is 13.6 Å². The van der Waals surface area contributed by atoms with Crippen molar-refractivity contribution >= 4 is 12.0 Å². The molecule has 0 radical (unpaired) electrons. The Morgan fingerprint density at radius 1 is 1.29 bits per heavy atom. The Kier molecular flexibility index (Phi) is 3.79. The van der Waals surface area contributed by atoms with Crippen molar-refractivity contribution in [1.82, 2.24) is 9.78 Å². The van der Waals surface area contributed by atoms with Crippen molar-refractivity contribution in [3.05, 3.63) is 58.0 Å². The van der Waals surface area contributed by atoms with Gasteiger partial charge in [-0.3, -0.25) is 4.79 Å². The van der Waals surface area contributed by atoms with Gasteiger partial charge in [0.25, 0.3) is 5.56 Å². The minimum absolute atomic E-state index is 0.320. The van der Waals surface area contributed by atoms with Crippen LogP contribution < -0.4 is 5.56 Å². The molecule has 0 saturated heterocycles. The molecule has 21 heavy (non-hydrogen) atoms. The van der Waals surface area contributed by atoms with E-state index in [1.54, 1.807) is 0 Å². The van der Waals surface area contributed by atoms with Gasteiger partial charge in [0.2, 0.25) is 0 Å². The zero-order valence-corrected chi connectivity index (χ0v) is 10.3. The lowest BCUT2D eigenvalue weighted by atomic mass is 10.2. The Morgan fingerprint density at radius 2 is 1.90 bits per heavy atom. The molecule has 1 aromatic heterocycles. The Labute approximate surface area is 116 Å². The molecular weight excluding hydrogens is 286 g/mol. The molecule has 0 fully saturated rings. The van der Waals surface area contributed by atoms with Crippen LogP contribution in [0.5, 0.6) is 5.75 Å². The number of aliphatic carboxylic acids is 1. The van der Waals surface area contributed by atoms with Crippen LogP contribution in [-0.4, -0.2) is 26.0 Å². The topological polar surface area (TPSA) is 92.4 Å². The molecule has 1 heterocycles. The fourth-order valence-electron chi connectivity index (χ4n) is 1.58. The van der Waals surface area contributed by atoms with Gasteiger partial charge in [-0.2, -0.15) is 9.78 Å². The molecule has 0 atom stereocenters. The Hall–Kier alpha value is -3.03. The summed E-state index contributed by atoms with van der Waals surface area (Å²) >= 11 is 0. The highest BCUT2D eigenvalue weighted by Crippen LogP contribution is 2.18. The van der Waals surface area contributed by atoms with Gasteiger partial charge in [0.15, 0.2) is 11.6 Å². The van der Waals surface area contributed by atoms with Crippen molar-refractivity contribution in [2.24, 2.45) is 0 Å². The lowest BCUT2D eigenvalue weighted by Crippen LogP contribution is -2.23. The van der Waals surface area contributed by atoms with Gasteiger partial charge in [0.05, 0.1) is 0 Å². The molecule has 2 N–H and O–H groups in total. The maximum Gasteiger partial charge on any atom is 0.328 e. The van der Waals surface area contributed by atoms with Crippen LogP contribution in [-0.2, 0) is 4.79 Å². The van der Waals surface area contributed by atoms with Crippen LogP contribution in [0.1, 0.15) is 5.69 Å². The highest BCUT2D eigenvalue weighted by Gasteiger charge is 2.15. The van der Waals surface area contributed by atoms with Gasteiger partial charge in [-0.05, 0) is 18.2 Å². The highest BCUT2D eigenvalue weighted by molar-refractivity contribution is 5.85. The summed E-state index contributed by atoms with van der Waals surface area (Å²) in [5, 5.41) is 21.6. The van der Waals surface area contributed by atoms with Crippen LogP contribution >= 0.6 is 0 Å². The number of benzene rings is 1. The quantitative estimate of drug-likeness (QED) is 0.833. The van der Waals surface area contributed by atoms with E-state index >= 15 is 0 Å². The lowest BCUT2D eigenvalue weighted by molar-refractivity contribution is -0.131. The van der Waals surface area contributed by atoms with Crippen molar-refractivity contribution in [2.75, 3.05) is 0 Å². The monoisotopic (exact) mass is 294 g/mol. The van der Waals surface area contributed by atoms with E-state index in [4.69, 9.17) is 5.11 Å². The van der Waals surface area contributed by atoms with Crippen molar-refractivity contribution in [2.45, 2.75) is 0 Å². The number of hydrogen-bond acceptors (Lipinski definition) is 4. The average Bonchev–Trinajstić information content (AvgIpc) is 2.39. The molecule has 2 aromatic rings. The summed E-state index contributed by atoms with van der Waals surface area (Å²) in [7, 11) is 0. The predicted molar refractivity (Wildman–Crippen MR) is 68.1 cm³/mol. The van der Waals surface area contributed by atoms with Crippen LogP contribution in [0.2, 0.25) is 0 Å². The summed E-state index contributed by atoms with van der Waals surface area (Å²) in [6, 6.07) is 3.67. The summed E-state index contributed by atoms with van der Waals surface area (Å²) < 4.78 is 27.7. The second-order valence-electron chi connectivity index (χ2n) is 3.91. The SMILES string of the molecule is O=C(O)/C=C/c1nn(-c2c(F)cccc2F)c(=O)cc1O. The first-order valence-corrected chi connectivity index (χ1v) is 5.59. The number of aromatic hydroxyl groups is 1. The van der Waals surface area contributed by atoms with Crippen molar-refractivity contribution in [1.29, 1.82) is 0 Å². The molecule has 0 spiro atoms. The summed E-state index contributed by atoms with van der Waals surface area (Å²) in [5.41, 5.74) is -2.00. The third-order valence-corrected chi connectivity index (χ3v) is 2.47. The third kappa shape index (κ3) is 2.94. The molecule has 0 aliphatic heterocycles. The first-order chi connectivity index (χ1) is 9.90. The number of rotatable bonds is 3. The van der Waals surface area contributed by atoms with E-state index in [2.05, 4.69) is 5.10 Å². The second-order valence-corrected chi connectivity index (χ2v) is 3.91. The smallest absolute Gasteiger partial charge is 0.328 e. The number of carboxylic acids is 1. The minimum atomic E-state index is -1.31. The van der Waals surface area contributed by atoms with Gasteiger partial charge in [-0.1, -0.05) is 6.07 Å². The fraction of sp³-hybridized carbons (Fsp3) is 0. The molecule has 6 nitrogen and oxygen atoms in total. The Bertz CT molecular complexity index is 779. The number of para-hydroxylation sites is 1. The molecular formula is C13H8F2N2O4. The largest absolute Gasteiger partial charge is 0.505 e. The van der Waals surface area contributed by atoms with Crippen LogP contribution in [0.25, 0.3) is 11.8 Å². The summed E-state index contributed by atoms with van der Waals surface area (Å²) in [6.07, 6.45) is 1.56. The summed E-state index contributed by atoms with van der Waals surface area (Å²) in [4.78, 5) is 22.1. The average molecular weight is 294 g/mol. The normalized spacial score (nSPS) is 11.0. The van der Waals surface area contributed by atoms with Crippen LogP contribution in [0, 0.1) is 11.6 Å². The van der Waals surface area contributed by atoms with Crippen LogP contribution in [0.15, 0.2) is 35.1 Å². The molecule has 8 heteroatoms. The maximum absolute atomic E-state index is 13.6. The molecule has 2 rings (SSSR count). The van der Waals surface area contributed by atoms with E-state index in [0.29, 0.717) is 16.8 Å². The van der Waals surface area contributed by atoms with Crippen LogP contribution in [0.4, 0.5) is 8.78 Å². The molecule has 0 bridgehead atoms. The minimum Gasteiger partial charge on any atom is -0.505 e. The Morgan fingerprint density at radius 3 is 2.48 bits per heavy atom. The number of aromatic nitrogens is 2. The molecule has 108 valence electrons.